The number of hydrogen-bond acceptors (Lipinski definition) is 1. The molecule has 0 saturated carbocycles. The predicted molar refractivity (Wildman–Crippen MR) is 51.2 cm³/mol. The van der Waals surface area contributed by atoms with Crippen molar-refractivity contribution in [1.82, 2.24) is 0 Å². The highest BCUT2D eigenvalue weighted by molar-refractivity contribution is 9.13. The van der Waals surface area contributed by atoms with Crippen LogP contribution in [0.1, 0.15) is 0 Å². The first-order valence-electron chi connectivity index (χ1n) is 2.45. The summed E-state index contributed by atoms with van der Waals surface area (Å²) in [6.07, 6.45) is 0. The summed E-state index contributed by atoms with van der Waals surface area (Å²) in [5, 5.41) is 9.26. The lowest BCUT2D eigenvalue weighted by Gasteiger charge is -2.00. The average molecular weight is 331 g/mol. The van der Waals surface area contributed by atoms with Gasteiger partial charge in [-0.1, -0.05) is 0 Å². The Morgan fingerprint density at radius 3 is 2.00 bits per heavy atom. The normalized spacial score (nSPS) is 9.90. The first-order chi connectivity index (χ1) is 4.63. The van der Waals surface area contributed by atoms with Crippen LogP contribution in [0.5, 0.6) is 5.75 Å². The maximum atomic E-state index is 9.26. The molecule has 0 fully saturated rings. The molecule has 4 heteroatoms. The Morgan fingerprint density at radius 1 is 1.00 bits per heavy atom. The highest BCUT2D eigenvalue weighted by Gasteiger charge is 2.04. The summed E-state index contributed by atoms with van der Waals surface area (Å²) in [4.78, 5) is 0. The van der Waals surface area contributed by atoms with Gasteiger partial charge in [-0.3, -0.25) is 0 Å². The summed E-state index contributed by atoms with van der Waals surface area (Å²) in [6.45, 7) is 0. The lowest BCUT2D eigenvalue weighted by atomic mass is 10.3. The molecule has 1 rings (SSSR count). The van der Waals surface area contributed by atoms with Gasteiger partial charge in [-0.15, -0.1) is 0 Å². The number of halogens is 3. The quantitative estimate of drug-likeness (QED) is 0.719. The molecule has 0 saturated heterocycles. The molecule has 1 aromatic carbocycles. The second-order valence-electron chi connectivity index (χ2n) is 1.69. The maximum absolute atomic E-state index is 9.26. The van der Waals surface area contributed by atoms with Crippen molar-refractivity contribution in [2.75, 3.05) is 0 Å². The van der Waals surface area contributed by atoms with Gasteiger partial charge in [-0.05, 0) is 59.9 Å². The Labute approximate surface area is 83.8 Å². The van der Waals surface area contributed by atoms with Crippen LogP contribution in [-0.4, -0.2) is 5.11 Å². The molecule has 0 unspecified atom stereocenters. The zero-order valence-corrected chi connectivity index (χ0v) is 9.49. The average Bonchev–Trinajstić information content (AvgIpc) is 1.93. The van der Waals surface area contributed by atoms with Crippen LogP contribution >= 0.6 is 47.8 Å². The van der Waals surface area contributed by atoms with Gasteiger partial charge in [0.05, 0.1) is 8.95 Å². The van der Waals surface area contributed by atoms with Crippen LogP contribution in [0.4, 0.5) is 0 Å². The van der Waals surface area contributed by atoms with E-state index in [1.54, 1.807) is 6.07 Å². The fourth-order valence-corrected chi connectivity index (χ4v) is 1.78. The highest BCUT2D eigenvalue weighted by atomic mass is 79.9. The van der Waals surface area contributed by atoms with Crippen molar-refractivity contribution in [2.45, 2.75) is 0 Å². The zero-order valence-electron chi connectivity index (χ0n) is 4.74. The largest absolute Gasteiger partial charge is 0.506 e. The molecule has 1 aromatic rings. The standard InChI is InChI=1S/C6H3Br3O/c7-3-1-2-4(8)6(10)5(3)9/h1-2,10H. The van der Waals surface area contributed by atoms with Crippen molar-refractivity contribution in [3.63, 3.8) is 0 Å². The van der Waals surface area contributed by atoms with Gasteiger partial charge >= 0.3 is 0 Å². The number of aromatic hydroxyl groups is 1. The van der Waals surface area contributed by atoms with Gasteiger partial charge < -0.3 is 5.11 Å². The summed E-state index contributed by atoms with van der Waals surface area (Å²) in [5.74, 6) is 0.217. The first kappa shape index (κ1) is 8.56. The van der Waals surface area contributed by atoms with Gasteiger partial charge in [0.25, 0.3) is 0 Å². The molecule has 0 aliphatic rings. The summed E-state index contributed by atoms with van der Waals surface area (Å²) in [6, 6.07) is 3.61. The van der Waals surface area contributed by atoms with Crippen LogP contribution in [0.25, 0.3) is 0 Å². The Morgan fingerprint density at radius 2 is 1.50 bits per heavy atom. The smallest absolute Gasteiger partial charge is 0.145 e. The summed E-state index contributed by atoms with van der Waals surface area (Å²) in [5.41, 5.74) is 0. The van der Waals surface area contributed by atoms with E-state index in [0.29, 0.717) is 8.95 Å². The first-order valence-corrected chi connectivity index (χ1v) is 4.83. The van der Waals surface area contributed by atoms with Crippen molar-refractivity contribution < 1.29 is 5.11 Å². The van der Waals surface area contributed by atoms with Crippen LogP contribution in [-0.2, 0) is 0 Å². The van der Waals surface area contributed by atoms with E-state index in [0.717, 1.165) is 4.47 Å². The van der Waals surface area contributed by atoms with E-state index in [4.69, 9.17) is 0 Å². The van der Waals surface area contributed by atoms with Gasteiger partial charge in [0, 0.05) is 4.47 Å². The third kappa shape index (κ3) is 1.54. The lowest BCUT2D eigenvalue weighted by Crippen LogP contribution is -1.72. The molecule has 54 valence electrons. The minimum atomic E-state index is 0.217. The molecule has 0 aliphatic heterocycles. The van der Waals surface area contributed by atoms with E-state index in [1.165, 1.54) is 0 Å². The van der Waals surface area contributed by atoms with E-state index in [2.05, 4.69) is 47.8 Å². The fraction of sp³-hybridized carbons (Fsp3) is 0. The monoisotopic (exact) mass is 328 g/mol. The van der Waals surface area contributed by atoms with Crippen LogP contribution in [0.15, 0.2) is 25.6 Å². The SMILES string of the molecule is Oc1c(Br)ccc(Br)c1Br. The number of hydrogen-bond donors (Lipinski definition) is 1. The maximum Gasteiger partial charge on any atom is 0.145 e. The van der Waals surface area contributed by atoms with Gasteiger partial charge in [0.2, 0.25) is 0 Å². The summed E-state index contributed by atoms with van der Waals surface area (Å²) >= 11 is 9.63. The summed E-state index contributed by atoms with van der Waals surface area (Å²) in [7, 11) is 0. The van der Waals surface area contributed by atoms with Crippen molar-refractivity contribution in [3.05, 3.63) is 25.6 Å². The molecular weight excluding hydrogens is 328 g/mol. The molecule has 0 aliphatic carbocycles. The Bertz CT molecular complexity index is 232. The van der Waals surface area contributed by atoms with Crippen LogP contribution in [0, 0.1) is 0 Å². The Balaban J connectivity index is 3.34. The zero-order chi connectivity index (χ0) is 7.72. The summed E-state index contributed by atoms with van der Waals surface area (Å²) < 4.78 is 2.19. The topological polar surface area (TPSA) is 20.2 Å². The van der Waals surface area contributed by atoms with Gasteiger partial charge in [0.1, 0.15) is 5.75 Å². The Kier molecular flexibility index (Phi) is 2.77. The lowest BCUT2D eigenvalue weighted by molar-refractivity contribution is 0.468. The highest BCUT2D eigenvalue weighted by Crippen LogP contribution is 2.37. The molecule has 1 nitrogen and oxygen atoms in total. The third-order valence-corrected chi connectivity index (χ3v) is 3.66. The van der Waals surface area contributed by atoms with Crippen molar-refractivity contribution >= 4 is 47.8 Å². The van der Waals surface area contributed by atoms with E-state index in [-0.39, 0.29) is 5.75 Å². The van der Waals surface area contributed by atoms with E-state index < -0.39 is 0 Å². The second kappa shape index (κ2) is 3.24. The molecule has 1 N–H and O–H groups in total. The van der Waals surface area contributed by atoms with Crippen LogP contribution in [0.2, 0.25) is 0 Å². The van der Waals surface area contributed by atoms with E-state index >= 15 is 0 Å². The molecule has 10 heavy (non-hydrogen) atoms. The predicted octanol–water partition coefficient (Wildman–Crippen LogP) is 3.68. The van der Waals surface area contributed by atoms with Crippen molar-refractivity contribution in [3.8, 4) is 5.75 Å². The number of benzene rings is 1. The van der Waals surface area contributed by atoms with Gasteiger partial charge in [0.15, 0.2) is 0 Å². The fourth-order valence-electron chi connectivity index (χ4n) is 0.516. The molecule has 0 amide bonds. The third-order valence-electron chi connectivity index (χ3n) is 1.02. The Hall–Kier alpha value is 0.460. The molecule has 0 radical (unpaired) electrons. The van der Waals surface area contributed by atoms with E-state index in [1.807, 2.05) is 6.07 Å². The number of phenolic OH excluding ortho intramolecular Hbond substituents is 1. The number of phenols is 1. The molecule has 0 heterocycles. The van der Waals surface area contributed by atoms with Crippen molar-refractivity contribution in [2.24, 2.45) is 0 Å². The molecule has 0 spiro atoms. The molecular formula is C6H3Br3O. The second-order valence-corrected chi connectivity index (χ2v) is 4.19. The molecule has 0 atom stereocenters. The molecule has 0 bridgehead atoms. The molecule has 0 aromatic heterocycles. The van der Waals surface area contributed by atoms with E-state index in [9.17, 15) is 5.11 Å². The van der Waals surface area contributed by atoms with Gasteiger partial charge in [-0.25, -0.2) is 0 Å². The minimum Gasteiger partial charge on any atom is -0.506 e. The van der Waals surface area contributed by atoms with Crippen molar-refractivity contribution in [1.29, 1.82) is 0 Å². The minimum absolute atomic E-state index is 0.217. The van der Waals surface area contributed by atoms with Gasteiger partial charge in [-0.2, -0.15) is 0 Å². The van der Waals surface area contributed by atoms with Crippen LogP contribution < -0.4 is 0 Å². The van der Waals surface area contributed by atoms with Crippen LogP contribution in [0.3, 0.4) is 0 Å². The number of rotatable bonds is 0.